The van der Waals surface area contributed by atoms with E-state index in [2.05, 4.69) is 33.1 Å². The van der Waals surface area contributed by atoms with E-state index < -0.39 is 8.07 Å². The van der Waals surface area contributed by atoms with Crippen LogP contribution in [0.15, 0.2) is 12.7 Å². The minimum atomic E-state index is -1.30. The molecule has 0 bridgehead atoms. The summed E-state index contributed by atoms with van der Waals surface area (Å²) in [6.07, 6.45) is 12.0. The molecular formula is C16H34OSi. The van der Waals surface area contributed by atoms with E-state index in [9.17, 15) is 5.11 Å². The molecule has 0 aromatic rings. The number of hydrogen-bond acceptors (Lipinski definition) is 1. The second kappa shape index (κ2) is 9.80. The van der Waals surface area contributed by atoms with Gasteiger partial charge in [0.25, 0.3) is 0 Å². The van der Waals surface area contributed by atoms with Gasteiger partial charge in [-0.15, -0.1) is 6.58 Å². The predicted molar refractivity (Wildman–Crippen MR) is 85.9 cm³/mol. The van der Waals surface area contributed by atoms with Gasteiger partial charge in [0.2, 0.25) is 0 Å². The Kier molecular flexibility index (Phi) is 9.75. The monoisotopic (exact) mass is 270 g/mol. The molecule has 2 atom stereocenters. The Labute approximate surface area is 116 Å². The summed E-state index contributed by atoms with van der Waals surface area (Å²) in [4.78, 5) is 0. The number of aliphatic hydroxyl groups excluding tert-OH is 1. The highest BCUT2D eigenvalue weighted by molar-refractivity contribution is 6.78. The van der Waals surface area contributed by atoms with Crippen LogP contribution in [-0.4, -0.2) is 19.3 Å². The number of unbranched alkanes of at least 4 members (excludes halogenated alkanes) is 6. The van der Waals surface area contributed by atoms with Crippen LogP contribution in [-0.2, 0) is 0 Å². The molecule has 0 aliphatic rings. The van der Waals surface area contributed by atoms with Gasteiger partial charge in [-0.05, 0) is 12.0 Å². The number of hydrogen-bond donors (Lipinski definition) is 1. The van der Waals surface area contributed by atoms with Gasteiger partial charge in [0.15, 0.2) is 0 Å². The summed E-state index contributed by atoms with van der Waals surface area (Å²) in [7, 11) is -1.30. The van der Waals surface area contributed by atoms with E-state index in [1.165, 1.54) is 44.9 Å². The molecular weight excluding hydrogens is 236 g/mol. The second-order valence-corrected chi connectivity index (χ2v) is 12.0. The predicted octanol–water partition coefficient (Wildman–Crippen LogP) is 5.38. The van der Waals surface area contributed by atoms with Gasteiger partial charge in [0, 0.05) is 0 Å². The Hall–Kier alpha value is -0.0831. The van der Waals surface area contributed by atoms with E-state index in [4.69, 9.17) is 0 Å². The van der Waals surface area contributed by atoms with E-state index in [1.54, 1.807) is 0 Å². The highest BCUT2D eigenvalue weighted by Gasteiger charge is 2.29. The zero-order valence-corrected chi connectivity index (χ0v) is 14.0. The van der Waals surface area contributed by atoms with Gasteiger partial charge in [-0.1, -0.05) is 77.6 Å². The minimum Gasteiger partial charge on any atom is -0.393 e. The zero-order chi connectivity index (χ0) is 14.0. The molecule has 0 rings (SSSR count). The Morgan fingerprint density at radius 2 is 1.50 bits per heavy atom. The Morgan fingerprint density at radius 3 is 1.94 bits per heavy atom. The molecule has 0 heterocycles. The first kappa shape index (κ1) is 17.9. The molecule has 1 N–H and O–H groups in total. The molecule has 0 saturated carbocycles. The van der Waals surface area contributed by atoms with Crippen LogP contribution in [0.1, 0.15) is 58.3 Å². The average molecular weight is 271 g/mol. The van der Waals surface area contributed by atoms with Crippen LogP contribution in [0.25, 0.3) is 0 Å². The lowest BCUT2D eigenvalue weighted by Gasteiger charge is -2.30. The van der Waals surface area contributed by atoms with Crippen molar-refractivity contribution in [2.24, 2.45) is 0 Å². The first-order valence-electron chi connectivity index (χ1n) is 7.74. The smallest absolute Gasteiger partial charge is 0.0578 e. The second-order valence-electron chi connectivity index (χ2n) is 6.60. The lowest BCUT2D eigenvalue weighted by atomic mass is 10.0. The fraction of sp³-hybridized carbons (Fsp3) is 0.875. The zero-order valence-electron chi connectivity index (χ0n) is 13.0. The quantitative estimate of drug-likeness (QED) is 0.303. The molecule has 108 valence electrons. The summed E-state index contributed by atoms with van der Waals surface area (Å²) in [6.45, 7) is 13.1. The van der Waals surface area contributed by atoms with Crippen molar-refractivity contribution in [3.8, 4) is 0 Å². The number of rotatable bonds is 11. The Bertz CT molecular complexity index is 208. The maximum absolute atomic E-state index is 10.2. The molecule has 0 unspecified atom stereocenters. The van der Waals surface area contributed by atoms with Crippen molar-refractivity contribution >= 4 is 8.07 Å². The highest BCUT2D eigenvalue weighted by Crippen LogP contribution is 2.29. The summed E-state index contributed by atoms with van der Waals surface area (Å²) >= 11 is 0. The lowest BCUT2D eigenvalue weighted by Crippen LogP contribution is -2.35. The molecule has 0 aliphatic heterocycles. The molecule has 0 aromatic heterocycles. The van der Waals surface area contributed by atoms with Crippen LogP contribution in [0.2, 0.25) is 25.2 Å². The summed E-state index contributed by atoms with van der Waals surface area (Å²) in [6, 6.07) is 0. The summed E-state index contributed by atoms with van der Waals surface area (Å²) < 4.78 is 0. The molecule has 0 radical (unpaired) electrons. The molecule has 2 heteroatoms. The first-order chi connectivity index (χ1) is 8.43. The fourth-order valence-corrected chi connectivity index (χ4v) is 4.61. The van der Waals surface area contributed by atoms with Crippen molar-refractivity contribution in [2.75, 3.05) is 0 Å². The SMILES string of the molecule is C=C[C@@H]([C@H](O)CCCCCCCCC)[Si](C)(C)C. The van der Waals surface area contributed by atoms with Gasteiger partial charge < -0.3 is 5.11 Å². The van der Waals surface area contributed by atoms with E-state index in [0.717, 1.165) is 6.42 Å². The van der Waals surface area contributed by atoms with Gasteiger partial charge >= 0.3 is 0 Å². The van der Waals surface area contributed by atoms with Gasteiger partial charge in [-0.25, -0.2) is 0 Å². The molecule has 0 amide bonds. The maximum Gasteiger partial charge on any atom is 0.0578 e. The van der Waals surface area contributed by atoms with Gasteiger partial charge in [0.1, 0.15) is 0 Å². The van der Waals surface area contributed by atoms with Crippen LogP contribution in [0, 0.1) is 0 Å². The third-order valence-corrected chi connectivity index (χ3v) is 6.39. The lowest BCUT2D eigenvalue weighted by molar-refractivity contribution is 0.161. The van der Waals surface area contributed by atoms with Crippen LogP contribution in [0.3, 0.4) is 0 Å². The molecule has 1 nitrogen and oxygen atoms in total. The van der Waals surface area contributed by atoms with E-state index in [-0.39, 0.29) is 6.10 Å². The van der Waals surface area contributed by atoms with Crippen LogP contribution < -0.4 is 0 Å². The summed E-state index contributed by atoms with van der Waals surface area (Å²) in [5.41, 5.74) is 0.345. The van der Waals surface area contributed by atoms with Gasteiger partial charge in [-0.3, -0.25) is 0 Å². The van der Waals surface area contributed by atoms with Crippen LogP contribution in [0.4, 0.5) is 0 Å². The van der Waals surface area contributed by atoms with Crippen molar-refractivity contribution in [1.29, 1.82) is 0 Å². The molecule has 18 heavy (non-hydrogen) atoms. The van der Waals surface area contributed by atoms with E-state index >= 15 is 0 Å². The highest BCUT2D eigenvalue weighted by atomic mass is 28.3. The average Bonchev–Trinajstić information content (AvgIpc) is 2.27. The summed E-state index contributed by atoms with van der Waals surface area (Å²) in [5.74, 6) is 0. The topological polar surface area (TPSA) is 20.2 Å². The third kappa shape index (κ3) is 8.10. The van der Waals surface area contributed by atoms with E-state index in [1.807, 2.05) is 6.08 Å². The van der Waals surface area contributed by atoms with Gasteiger partial charge in [-0.2, -0.15) is 0 Å². The molecule has 0 aliphatic carbocycles. The van der Waals surface area contributed by atoms with Crippen molar-refractivity contribution in [3.05, 3.63) is 12.7 Å². The third-order valence-electron chi connectivity index (χ3n) is 3.77. The normalized spacial score (nSPS) is 15.4. The van der Waals surface area contributed by atoms with Crippen molar-refractivity contribution in [2.45, 2.75) is 89.6 Å². The first-order valence-corrected chi connectivity index (χ1v) is 11.3. The largest absolute Gasteiger partial charge is 0.393 e. The Morgan fingerprint density at radius 1 is 1.00 bits per heavy atom. The summed E-state index contributed by atoms with van der Waals surface area (Å²) in [5, 5.41) is 10.2. The van der Waals surface area contributed by atoms with Crippen molar-refractivity contribution in [1.82, 2.24) is 0 Å². The molecule has 0 saturated heterocycles. The standard InChI is InChI=1S/C16H34OSi/c1-6-8-9-10-11-12-13-14-15(17)16(7-2)18(3,4)5/h7,15-17H,2,6,8-14H2,1,3-5H3/t15-,16+/m1/s1. The molecule has 0 aromatic carbocycles. The Balaban J connectivity index is 3.69. The van der Waals surface area contributed by atoms with Gasteiger partial charge in [0.05, 0.1) is 14.2 Å². The molecule has 0 fully saturated rings. The van der Waals surface area contributed by atoms with Crippen LogP contribution in [0.5, 0.6) is 0 Å². The fourth-order valence-electron chi connectivity index (χ4n) is 2.58. The minimum absolute atomic E-state index is 0.162. The van der Waals surface area contributed by atoms with Crippen molar-refractivity contribution in [3.63, 3.8) is 0 Å². The number of aliphatic hydroxyl groups is 1. The van der Waals surface area contributed by atoms with Crippen molar-refractivity contribution < 1.29 is 5.11 Å². The maximum atomic E-state index is 10.2. The van der Waals surface area contributed by atoms with E-state index in [0.29, 0.717) is 5.54 Å². The molecule has 0 spiro atoms. The van der Waals surface area contributed by atoms with Crippen LogP contribution >= 0.6 is 0 Å².